The molecule has 1 aliphatic rings. The molecule has 1 aliphatic carbocycles. The highest BCUT2D eigenvalue weighted by Gasteiger charge is 2.21. The number of halogens is 1. The highest BCUT2D eigenvalue weighted by atomic mass is 19.1. The summed E-state index contributed by atoms with van der Waals surface area (Å²) in [5, 5.41) is 15.6. The van der Waals surface area contributed by atoms with Crippen LogP contribution in [-0.4, -0.2) is 29.2 Å². The maximum atomic E-state index is 13.0. The summed E-state index contributed by atoms with van der Waals surface area (Å²) in [6.07, 6.45) is 3.69. The van der Waals surface area contributed by atoms with Gasteiger partial charge < -0.3 is 15.7 Å². The van der Waals surface area contributed by atoms with Crippen LogP contribution in [0.2, 0.25) is 0 Å². The molecular weight excluding hydrogens is 271 g/mol. The molecule has 0 bridgehead atoms. The second-order valence-corrected chi connectivity index (χ2v) is 5.84. The van der Waals surface area contributed by atoms with Gasteiger partial charge in [0.1, 0.15) is 5.82 Å². The number of anilines is 1. The lowest BCUT2D eigenvalue weighted by atomic mass is 9.92. The fourth-order valence-corrected chi connectivity index (χ4v) is 2.76. The number of aliphatic hydroxyl groups is 1. The first-order valence-electron chi connectivity index (χ1n) is 7.52. The fraction of sp³-hybridized carbons (Fsp3) is 0.562. The molecule has 1 aromatic carbocycles. The monoisotopic (exact) mass is 294 g/mol. The van der Waals surface area contributed by atoms with Gasteiger partial charge in [-0.2, -0.15) is 0 Å². The van der Waals surface area contributed by atoms with Crippen molar-refractivity contribution in [3.05, 3.63) is 30.1 Å². The molecule has 3 N–H and O–H groups in total. The summed E-state index contributed by atoms with van der Waals surface area (Å²) in [5.41, 5.74) is 0.480. The third-order valence-electron chi connectivity index (χ3n) is 3.82. The van der Waals surface area contributed by atoms with Gasteiger partial charge in [-0.25, -0.2) is 4.39 Å². The number of benzene rings is 1. The van der Waals surface area contributed by atoms with Crippen LogP contribution in [-0.2, 0) is 4.79 Å². The van der Waals surface area contributed by atoms with E-state index in [0.717, 1.165) is 25.7 Å². The van der Waals surface area contributed by atoms with Crippen molar-refractivity contribution in [2.24, 2.45) is 0 Å². The van der Waals surface area contributed by atoms with Crippen LogP contribution in [0.3, 0.4) is 0 Å². The molecule has 116 valence electrons. The summed E-state index contributed by atoms with van der Waals surface area (Å²) < 4.78 is 13.0. The smallest absolute Gasteiger partial charge is 0.225 e. The van der Waals surface area contributed by atoms with Crippen LogP contribution in [0.4, 0.5) is 10.1 Å². The van der Waals surface area contributed by atoms with Crippen molar-refractivity contribution in [2.75, 3.05) is 5.32 Å². The molecule has 1 saturated carbocycles. The van der Waals surface area contributed by atoms with E-state index >= 15 is 0 Å². The van der Waals surface area contributed by atoms with Gasteiger partial charge in [-0.15, -0.1) is 0 Å². The predicted molar refractivity (Wildman–Crippen MR) is 80.5 cm³/mol. The second kappa shape index (κ2) is 7.52. The molecule has 5 heteroatoms. The Labute approximate surface area is 124 Å². The van der Waals surface area contributed by atoms with Crippen molar-refractivity contribution in [2.45, 2.75) is 57.2 Å². The minimum Gasteiger partial charge on any atom is -0.393 e. The summed E-state index contributed by atoms with van der Waals surface area (Å²) in [6.45, 7) is 1.97. The van der Waals surface area contributed by atoms with E-state index in [1.807, 2.05) is 6.92 Å². The molecule has 4 nitrogen and oxygen atoms in total. The van der Waals surface area contributed by atoms with Crippen LogP contribution in [0.15, 0.2) is 24.3 Å². The molecule has 0 saturated heterocycles. The average Bonchev–Trinajstić information content (AvgIpc) is 2.41. The van der Waals surface area contributed by atoms with Crippen LogP contribution < -0.4 is 10.6 Å². The Morgan fingerprint density at radius 3 is 2.76 bits per heavy atom. The van der Waals surface area contributed by atoms with Crippen molar-refractivity contribution in [3.63, 3.8) is 0 Å². The number of nitrogens with one attached hydrogen (secondary N) is 2. The summed E-state index contributed by atoms with van der Waals surface area (Å²) in [4.78, 5) is 11.9. The molecular formula is C16H23FN2O2. The van der Waals surface area contributed by atoms with Crippen LogP contribution >= 0.6 is 0 Å². The largest absolute Gasteiger partial charge is 0.393 e. The lowest BCUT2D eigenvalue weighted by Gasteiger charge is -2.28. The van der Waals surface area contributed by atoms with Gasteiger partial charge in [0.25, 0.3) is 0 Å². The van der Waals surface area contributed by atoms with Crippen LogP contribution in [0.5, 0.6) is 0 Å². The molecule has 1 amide bonds. The topological polar surface area (TPSA) is 61.4 Å². The highest BCUT2D eigenvalue weighted by Crippen LogP contribution is 2.19. The van der Waals surface area contributed by atoms with Crippen molar-refractivity contribution in [1.82, 2.24) is 5.32 Å². The molecule has 0 spiro atoms. The lowest BCUT2D eigenvalue weighted by Crippen LogP contribution is -2.41. The zero-order chi connectivity index (χ0) is 15.2. The van der Waals surface area contributed by atoms with Gasteiger partial charge in [0.05, 0.1) is 6.10 Å². The quantitative estimate of drug-likeness (QED) is 0.781. The van der Waals surface area contributed by atoms with Gasteiger partial charge in [0.15, 0.2) is 0 Å². The Morgan fingerprint density at radius 2 is 2.10 bits per heavy atom. The molecule has 21 heavy (non-hydrogen) atoms. The number of hydrogen-bond acceptors (Lipinski definition) is 3. The van der Waals surface area contributed by atoms with E-state index < -0.39 is 0 Å². The van der Waals surface area contributed by atoms with Crippen molar-refractivity contribution in [1.29, 1.82) is 0 Å². The second-order valence-electron chi connectivity index (χ2n) is 5.84. The van der Waals surface area contributed by atoms with E-state index in [-0.39, 0.29) is 23.9 Å². The molecule has 1 fully saturated rings. The van der Waals surface area contributed by atoms with Crippen LogP contribution in [0.1, 0.15) is 39.0 Å². The summed E-state index contributed by atoms with van der Waals surface area (Å²) in [6, 6.07) is 6.31. The Bertz CT molecular complexity index is 473. The van der Waals surface area contributed by atoms with E-state index in [4.69, 9.17) is 0 Å². The van der Waals surface area contributed by atoms with Gasteiger partial charge in [0.2, 0.25) is 5.91 Å². The third kappa shape index (κ3) is 5.44. The average molecular weight is 294 g/mol. The zero-order valence-corrected chi connectivity index (χ0v) is 12.3. The molecule has 2 rings (SSSR count). The summed E-state index contributed by atoms with van der Waals surface area (Å²) >= 11 is 0. The molecule has 1 unspecified atom stereocenters. The molecule has 0 heterocycles. The fourth-order valence-electron chi connectivity index (χ4n) is 2.76. The van der Waals surface area contributed by atoms with Gasteiger partial charge in [-0.05, 0) is 50.8 Å². The van der Waals surface area contributed by atoms with E-state index in [1.165, 1.54) is 12.1 Å². The van der Waals surface area contributed by atoms with Gasteiger partial charge >= 0.3 is 0 Å². The van der Waals surface area contributed by atoms with Crippen molar-refractivity contribution < 1.29 is 14.3 Å². The normalized spacial score (nSPS) is 23.6. The molecule has 0 radical (unpaired) electrons. The van der Waals surface area contributed by atoms with E-state index in [1.54, 1.807) is 12.1 Å². The van der Waals surface area contributed by atoms with E-state index in [0.29, 0.717) is 18.2 Å². The van der Waals surface area contributed by atoms with E-state index in [2.05, 4.69) is 10.6 Å². The number of carbonyl (C=O) groups excluding carboxylic acids is 1. The standard InChI is InChI=1S/C16H23FN2O2/c1-11(18-13-5-7-15(20)8-6-13)9-16(21)19-14-4-2-3-12(17)10-14/h2-4,10-11,13,15,18,20H,5-9H2,1H3,(H,19,21). The maximum Gasteiger partial charge on any atom is 0.225 e. The van der Waals surface area contributed by atoms with Gasteiger partial charge in [0, 0.05) is 24.2 Å². The first-order chi connectivity index (χ1) is 10.0. The first kappa shape index (κ1) is 15.9. The van der Waals surface area contributed by atoms with Crippen LogP contribution in [0.25, 0.3) is 0 Å². The van der Waals surface area contributed by atoms with Crippen LogP contribution in [0, 0.1) is 5.82 Å². The Balaban J connectivity index is 1.74. The Hall–Kier alpha value is -1.46. The highest BCUT2D eigenvalue weighted by molar-refractivity contribution is 5.91. The minimum absolute atomic E-state index is 0.0544. The molecule has 1 aromatic rings. The molecule has 1 atom stereocenters. The number of amides is 1. The number of carbonyl (C=O) groups is 1. The minimum atomic E-state index is -0.361. The Kier molecular flexibility index (Phi) is 5.70. The SMILES string of the molecule is CC(CC(=O)Nc1cccc(F)c1)NC1CCC(O)CC1. The molecule has 0 aliphatic heterocycles. The lowest BCUT2D eigenvalue weighted by molar-refractivity contribution is -0.116. The predicted octanol–water partition coefficient (Wildman–Crippen LogP) is 2.44. The summed E-state index contributed by atoms with van der Waals surface area (Å²) in [5.74, 6) is -0.490. The van der Waals surface area contributed by atoms with E-state index in [9.17, 15) is 14.3 Å². The zero-order valence-electron chi connectivity index (χ0n) is 12.3. The summed E-state index contributed by atoms with van der Waals surface area (Å²) in [7, 11) is 0. The van der Waals surface area contributed by atoms with Gasteiger partial charge in [-0.3, -0.25) is 4.79 Å². The number of rotatable bonds is 5. The molecule has 0 aromatic heterocycles. The van der Waals surface area contributed by atoms with Crippen molar-refractivity contribution >= 4 is 11.6 Å². The maximum absolute atomic E-state index is 13.0. The third-order valence-corrected chi connectivity index (χ3v) is 3.82. The number of aliphatic hydroxyl groups excluding tert-OH is 1. The van der Waals surface area contributed by atoms with Gasteiger partial charge in [-0.1, -0.05) is 6.07 Å². The first-order valence-corrected chi connectivity index (χ1v) is 7.52. The van der Waals surface area contributed by atoms with Crippen molar-refractivity contribution in [3.8, 4) is 0 Å². The number of hydrogen-bond donors (Lipinski definition) is 3. The Morgan fingerprint density at radius 1 is 1.38 bits per heavy atom.